The first-order valence-electron chi connectivity index (χ1n) is 7.26. The molecule has 1 amide bonds. The molecule has 0 unspecified atom stereocenters. The molecule has 1 aliphatic heterocycles. The van der Waals surface area contributed by atoms with Gasteiger partial charge in [-0.15, -0.1) is 0 Å². The third kappa shape index (κ3) is 2.70. The summed E-state index contributed by atoms with van der Waals surface area (Å²) in [7, 11) is -3.70. The fourth-order valence-electron chi connectivity index (χ4n) is 2.55. The minimum absolute atomic E-state index is 0.131. The summed E-state index contributed by atoms with van der Waals surface area (Å²) >= 11 is 0. The van der Waals surface area contributed by atoms with Crippen molar-refractivity contribution in [1.29, 1.82) is 0 Å². The number of amides is 1. The van der Waals surface area contributed by atoms with Gasteiger partial charge >= 0.3 is 0 Å². The second-order valence-corrected chi connectivity index (χ2v) is 7.94. The van der Waals surface area contributed by atoms with Crippen LogP contribution in [0.5, 0.6) is 0 Å². The lowest BCUT2D eigenvalue weighted by Gasteiger charge is -2.16. The quantitative estimate of drug-likeness (QED) is 0.908. The Morgan fingerprint density at radius 1 is 1.04 bits per heavy atom. The third-order valence-electron chi connectivity index (χ3n) is 4.09. The van der Waals surface area contributed by atoms with Gasteiger partial charge in [-0.05, 0) is 56.7 Å². The number of carbonyl (C=O) groups is 1. The van der Waals surface area contributed by atoms with Crippen LogP contribution < -0.4 is 10.0 Å². The number of anilines is 2. The van der Waals surface area contributed by atoms with Crippen LogP contribution in [-0.2, 0) is 20.2 Å². The van der Waals surface area contributed by atoms with Crippen molar-refractivity contribution in [2.75, 3.05) is 10.0 Å². The van der Waals surface area contributed by atoms with Gasteiger partial charge in [0.15, 0.2) is 0 Å². The van der Waals surface area contributed by atoms with Gasteiger partial charge in [-0.2, -0.15) is 0 Å². The summed E-state index contributed by atoms with van der Waals surface area (Å²) in [5.41, 5.74) is 2.16. The number of carbonyl (C=O) groups excluding carboxylic acids is 1. The number of nitrogens with one attached hydrogen (secondary N) is 2. The number of rotatable bonds is 3. The molecule has 0 radical (unpaired) electrons. The van der Waals surface area contributed by atoms with Crippen molar-refractivity contribution in [3.63, 3.8) is 0 Å². The van der Waals surface area contributed by atoms with Crippen LogP contribution >= 0.6 is 0 Å². The first-order chi connectivity index (χ1) is 10.7. The third-order valence-corrected chi connectivity index (χ3v) is 5.47. The number of fused-ring (bicyclic) bond motifs is 1. The van der Waals surface area contributed by atoms with Crippen LogP contribution in [0.25, 0.3) is 0 Å². The van der Waals surface area contributed by atoms with Crippen molar-refractivity contribution in [2.24, 2.45) is 0 Å². The molecule has 2 N–H and O–H groups in total. The Bertz CT molecular complexity index is 885. The molecule has 0 fully saturated rings. The lowest BCUT2D eigenvalue weighted by molar-refractivity contribution is -0.119. The van der Waals surface area contributed by atoms with Gasteiger partial charge in [0.05, 0.1) is 10.3 Å². The van der Waals surface area contributed by atoms with Gasteiger partial charge in [0, 0.05) is 11.4 Å². The van der Waals surface area contributed by atoms with Gasteiger partial charge in [-0.1, -0.05) is 17.7 Å². The maximum absolute atomic E-state index is 12.6. The molecular weight excluding hydrogens is 312 g/mol. The summed E-state index contributed by atoms with van der Waals surface area (Å²) in [6.45, 7) is 5.49. The van der Waals surface area contributed by atoms with Gasteiger partial charge in [0.1, 0.15) is 0 Å². The second kappa shape index (κ2) is 5.09. The first kappa shape index (κ1) is 15.6. The van der Waals surface area contributed by atoms with Gasteiger partial charge in [0.2, 0.25) is 5.91 Å². The van der Waals surface area contributed by atoms with E-state index in [1.165, 1.54) is 6.07 Å². The number of hydrogen-bond donors (Lipinski definition) is 2. The molecule has 0 atom stereocenters. The smallest absolute Gasteiger partial charge is 0.261 e. The molecule has 23 heavy (non-hydrogen) atoms. The van der Waals surface area contributed by atoms with Crippen molar-refractivity contribution >= 4 is 27.3 Å². The Kier molecular flexibility index (Phi) is 3.44. The molecular formula is C17H18N2O3S. The molecule has 2 aromatic rings. The minimum Gasteiger partial charge on any atom is -0.325 e. The van der Waals surface area contributed by atoms with E-state index in [9.17, 15) is 13.2 Å². The molecule has 1 heterocycles. The molecule has 0 aliphatic carbocycles. The number of hydrogen-bond acceptors (Lipinski definition) is 3. The summed E-state index contributed by atoms with van der Waals surface area (Å²) in [5, 5.41) is 2.77. The highest BCUT2D eigenvalue weighted by atomic mass is 32.2. The predicted octanol–water partition coefficient (Wildman–Crippen LogP) is 3.03. The molecule has 0 spiro atoms. The number of aryl methyl sites for hydroxylation is 1. The summed E-state index contributed by atoms with van der Waals surface area (Å²) < 4.78 is 27.7. The highest BCUT2D eigenvalue weighted by Crippen LogP contribution is 2.38. The zero-order valence-corrected chi connectivity index (χ0v) is 14.0. The highest BCUT2D eigenvalue weighted by Gasteiger charge is 2.39. The average molecular weight is 330 g/mol. The van der Waals surface area contributed by atoms with Crippen molar-refractivity contribution in [3.8, 4) is 0 Å². The van der Waals surface area contributed by atoms with Gasteiger partial charge < -0.3 is 5.32 Å². The Morgan fingerprint density at radius 2 is 1.70 bits per heavy atom. The van der Waals surface area contributed by atoms with Crippen molar-refractivity contribution in [1.82, 2.24) is 0 Å². The van der Waals surface area contributed by atoms with Crippen LogP contribution in [0.4, 0.5) is 11.4 Å². The topological polar surface area (TPSA) is 75.3 Å². The van der Waals surface area contributed by atoms with E-state index in [1.807, 2.05) is 19.1 Å². The fraction of sp³-hybridized carbons (Fsp3) is 0.235. The molecule has 0 aromatic heterocycles. The van der Waals surface area contributed by atoms with E-state index in [-0.39, 0.29) is 10.8 Å². The second-order valence-electron chi connectivity index (χ2n) is 6.26. The molecule has 3 rings (SSSR count). The summed E-state index contributed by atoms with van der Waals surface area (Å²) in [5.74, 6) is -0.131. The fourth-order valence-corrected chi connectivity index (χ4v) is 3.64. The monoisotopic (exact) mass is 330 g/mol. The van der Waals surface area contributed by atoms with Gasteiger partial charge in [-0.25, -0.2) is 8.42 Å². The summed E-state index contributed by atoms with van der Waals surface area (Å²) in [4.78, 5) is 12.1. The van der Waals surface area contributed by atoms with Crippen LogP contribution in [0.2, 0.25) is 0 Å². The number of benzene rings is 2. The summed E-state index contributed by atoms with van der Waals surface area (Å²) in [6.07, 6.45) is 0. The molecule has 5 nitrogen and oxygen atoms in total. The van der Waals surface area contributed by atoms with Gasteiger partial charge in [0.25, 0.3) is 10.0 Å². The van der Waals surface area contributed by atoms with Crippen molar-refractivity contribution < 1.29 is 13.2 Å². The van der Waals surface area contributed by atoms with E-state index in [2.05, 4.69) is 10.0 Å². The van der Waals surface area contributed by atoms with Crippen LogP contribution in [-0.4, -0.2) is 14.3 Å². The van der Waals surface area contributed by atoms with E-state index >= 15 is 0 Å². The molecule has 2 aromatic carbocycles. The van der Waals surface area contributed by atoms with E-state index in [0.29, 0.717) is 16.9 Å². The Morgan fingerprint density at radius 3 is 2.35 bits per heavy atom. The maximum Gasteiger partial charge on any atom is 0.261 e. The summed E-state index contributed by atoms with van der Waals surface area (Å²) in [6, 6.07) is 11.8. The lowest BCUT2D eigenvalue weighted by atomic mass is 9.86. The van der Waals surface area contributed by atoms with Gasteiger partial charge in [-0.3, -0.25) is 9.52 Å². The zero-order valence-electron chi connectivity index (χ0n) is 13.2. The van der Waals surface area contributed by atoms with Crippen LogP contribution in [0, 0.1) is 6.92 Å². The van der Waals surface area contributed by atoms with E-state index < -0.39 is 15.4 Å². The Hall–Kier alpha value is -2.34. The van der Waals surface area contributed by atoms with Crippen LogP contribution in [0.1, 0.15) is 25.0 Å². The predicted molar refractivity (Wildman–Crippen MR) is 90.1 cm³/mol. The number of sulfonamides is 1. The average Bonchev–Trinajstić information content (AvgIpc) is 2.71. The molecule has 0 bridgehead atoms. The minimum atomic E-state index is -3.70. The molecule has 6 heteroatoms. The van der Waals surface area contributed by atoms with Crippen molar-refractivity contribution in [2.45, 2.75) is 31.1 Å². The molecule has 1 aliphatic rings. The first-order valence-corrected chi connectivity index (χ1v) is 8.74. The Balaban J connectivity index is 1.97. The van der Waals surface area contributed by atoms with E-state index in [1.54, 1.807) is 38.1 Å². The van der Waals surface area contributed by atoms with Crippen molar-refractivity contribution in [3.05, 3.63) is 53.6 Å². The lowest BCUT2D eigenvalue weighted by Crippen LogP contribution is -2.27. The highest BCUT2D eigenvalue weighted by molar-refractivity contribution is 7.92. The SMILES string of the molecule is Cc1ccc(NS(=O)(=O)c2ccc3c(c2)C(C)(C)C(=O)N3)cc1. The zero-order chi connectivity index (χ0) is 16.8. The molecule has 0 saturated heterocycles. The molecule has 0 saturated carbocycles. The maximum atomic E-state index is 12.6. The normalized spacial score (nSPS) is 15.9. The molecule has 120 valence electrons. The van der Waals surface area contributed by atoms with Crippen LogP contribution in [0.15, 0.2) is 47.4 Å². The standard InChI is InChI=1S/C17H18N2O3S/c1-11-4-6-12(7-5-11)19-23(21,22)13-8-9-15-14(10-13)17(2,3)16(20)18-15/h4-10,19H,1-3H3,(H,18,20). The van der Waals surface area contributed by atoms with E-state index in [4.69, 9.17) is 0 Å². The van der Waals surface area contributed by atoms with E-state index in [0.717, 1.165) is 5.56 Å². The van der Waals surface area contributed by atoms with Crippen LogP contribution in [0.3, 0.4) is 0 Å². The Labute approximate surface area is 135 Å². The largest absolute Gasteiger partial charge is 0.325 e.